The van der Waals surface area contributed by atoms with E-state index in [1.54, 1.807) is 30.3 Å². The van der Waals surface area contributed by atoms with E-state index < -0.39 is 17.3 Å². The van der Waals surface area contributed by atoms with Crippen molar-refractivity contribution in [2.45, 2.75) is 25.4 Å². The average molecular weight is 652 g/mol. The SMILES string of the molecule is [C-]#[N+]c1nc(C#N)c[c-]c1-c1cccc(C(C)(C)c2cccc(-n3[c-]cc(C(F)(F)F)n3)n2)n1.[Pt+2]. The summed E-state index contributed by atoms with van der Waals surface area (Å²) in [6.07, 6.45) is -2.13. The van der Waals surface area contributed by atoms with Gasteiger partial charge in [-0.15, -0.1) is 17.1 Å². The second-order valence-corrected chi connectivity index (χ2v) is 7.69. The zero-order valence-corrected chi connectivity index (χ0v) is 20.5. The van der Waals surface area contributed by atoms with Crippen LogP contribution in [0.3, 0.4) is 0 Å². The fourth-order valence-electron chi connectivity index (χ4n) is 3.22. The number of rotatable bonds is 4. The molecular formula is C24H14F3N7Pt. The maximum absolute atomic E-state index is 12.9. The maximum atomic E-state index is 12.9. The van der Waals surface area contributed by atoms with Crippen LogP contribution in [0.25, 0.3) is 21.9 Å². The molecule has 0 aromatic carbocycles. The molecule has 0 radical (unpaired) electrons. The van der Waals surface area contributed by atoms with Gasteiger partial charge in [0.25, 0.3) is 0 Å². The first-order valence-corrected chi connectivity index (χ1v) is 9.84. The van der Waals surface area contributed by atoms with E-state index in [4.69, 9.17) is 11.8 Å². The summed E-state index contributed by atoms with van der Waals surface area (Å²) in [5.41, 5.74) is 0.208. The molecule has 4 heterocycles. The van der Waals surface area contributed by atoms with Gasteiger partial charge in [0.1, 0.15) is 0 Å². The summed E-state index contributed by atoms with van der Waals surface area (Å²) in [6, 6.07) is 17.1. The van der Waals surface area contributed by atoms with E-state index in [-0.39, 0.29) is 38.4 Å². The van der Waals surface area contributed by atoms with Crippen molar-refractivity contribution in [1.29, 1.82) is 5.26 Å². The van der Waals surface area contributed by atoms with Crippen molar-refractivity contribution < 1.29 is 34.2 Å². The largest absolute Gasteiger partial charge is 2.00 e. The number of pyridine rings is 3. The Morgan fingerprint density at radius 3 is 2.31 bits per heavy atom. The molecule has 176 valence electrons. The standard InChI is InChI=1S/C24H14F3N7.Pt/c1-23(2,19-8-5-9-21(32-19)34-13-12-20(33-34)24(25,26)27)18-7-4-6-17(31-18)16-11-10-15(14-28)30-22(16)29-3;/h4-10,12H,1-2H3;/q-2;+2. The van der Waals surface area contributed by atoms with Crippen LogP contribution in [0.2, 0.25) is 0 Å². The third-order valence-corrected chi connectivity index (χ3v) is 5.08. The quantitative estimate of drug-likeness (QED) is 0.287. The first kappa shape index (κ1) is 25.7. The number of nitrogens with zero attached hydrogens (tertiary/aromatic N) is 7. The van der Waals surface area contributed by atoms with Crippen LogP contribution >= 0.6 is 0 Å². The molecule has 4 aromatic rings. The van der Waals surface area contributed by atoms with Crippen molar-refractivity contribution in [3.8, 4) is 23.1 Å². The number of alkyl halides is 3. The van der Waals surface area contributed by atoms with Gasteiger partial charge in [-0.25, -0.2) is 0 Å². The summed E-state index contributed by atoms with van der Waals surface area (Å²) in [4.78, 5) is 16.6. The molecule has 0 saturated heterocycles. The molecular weight excluding hydrogens is 638 g/mol. The van der Waals surface area contributed by atoms with Crippen LogP contribution < -0.4 is 0 Å². The topological polar surface area (TPSA) is 84.6 Å². The molecule has 0 N–H and O–H groups in total. The Kier molecular flexibility index (Phi) is 7.19. The van der Waals surface area contributed by atoms with Gasteiger partial charge in [0.15, 0.2) is 5.69 Å². The molecule has 4 aromatic heterocycles. The van der Waals surface area contributed by atoms with E-state index in [0.717, 1.165) is 10.7 Å². The molecule has 0 bridgehead atoms. The normalized spacial score (nSPS) is 11.3. The van der Waals surface area contributed by atoms with Gasteiger partial charge in [-0.1, -0.05) is 43.1 Å². The molecule has 0 atom stereocenters. The van der Waals surface area contributed by atoms with Crippen molar-refractivity contribution >= 4 is 5.82 Å². The average Bonchev–Trinajstić information content (AvgIpc) is 3.35. The first-order valence-electron chi connectivity index (χ1n) is 9.84. The van der Waals surface area contributed by atoms with E-state index in [1.807, 2.05) is 19.9 Å². The van der Waals surface area contributed by atoms with Gasteiger partial charge in [-0.05, 0) is 37.2 Å². The van der Waals surface area contributed by atoms with Crippen molar-refractivity contribution in [3.05, 3.63) is 95.0 Å². The van der Waals surface area contributed by atoms with E-state index in [1.165, 1.54) is 12.1 Å². The molecule has 0 amide bonds. The van der Waals surface area contributed by atoms with Gasteiger partial charge in [0.05, 0.1) is 17.6 Å². The third-order valence-electron chi connectivity index (χ3n) is 5.08. The molecule has 7 nitrogen and oxygen atoms in total. The van der Waals surface area contributed by atoms with Crippen LogP contribution in [-0.2, 0) is 32.7 Å². The summed E-state index contributed by atoms with van der Waals surface area (Å²) in [5.74, 6) is 0.188. The van der Waals surface area contributed by atoms with Gasteiger partial charge in [-0.2, -0.15) is 18.4 Å². The zero-order valence-electron chi connectivity index (χ0n) is 18.2. The molecule has 0 spiro atoms. The summed E-state index contributed by atoms with van der Waals surface area (Å²) >= 11 is 0. The van der Waals surface area contributed by atoms with Crippen molar-refractivity contribution in [2.24, 2.45) is 0 Å². The number of hydrogen-bond acceptors (Lipinski definition) is 5. The molecule has 0 saturated carbocycles. The molecule has 11 heteroatoms. The van der Waals surface area contributed by atoms with E-state index in [0.29, 0.717) is 22.6 Å². The second-order valence-electron chi connectivity index (χ2n) is 7.69. The van der Waals surface area contributed by atoms with E-state index >= 15 is 0 Å². The minimum Gasteiger partial charge on any atom is -0.343 e. The molecule has 0 aliphatic heterocycles. The summed E-state index contributed by atoms with van der Waals surface area (Å²) in [7, 11) is 0. The van der Waals surface area contributed by atoms with Gasteiger partial charge < -0.3 is 9.53 Å². The number of halogens is 3. The number of aromatic nitrogens is 5. The van der Waals surface area contributed by atoms with Crippen molar-refractivity contribution in [1.82, 2.24) is 24.7 Å². The van der Waals surface area contributed by atoms with Crippen LogP contribution in [0, 0.1) is 30.2 Å². The number of nitriles is 1. The molecule has 0 fully saturated rings. The smallest absolute Gasteiger partial charge is 0.343 e. The molecule has 35 heavy (non-hydrogen) atoms. The predicted molar refractivity (Wildman–Crippen MR) is 115 cm³/mol. The van der Waals surface area contributed by atoms with Gasteiger partial charge in [0, 0.05) is 16.8 Å². The van der Waals surface area contributed by atoms with Crippen LogP contribution in [0.15, 0.2) is 48.5 Å². The van der Waals surface area contributed by atoms with E-state index in [2.05, 4.69) is 37.2 Å². The zero-order chi connectivity index (χ0) is 24.5. The fourth-order valence-corrected chi connectivity index (χ4v) is 3.22. The number of hydrogen-bond donors (Lipinski definition) is 0. The van der Waals surface area contributed by atoms with Crippen LogP contribution in [0.4, 0.5) is 19.0 Å². The van der Waals surface area contributed by atoms with Gasteiger partial charge >= 0.3 is 33.1 Å². The summed E-state index contributed by atoms with van der Waals surface area (Å²) in [5, 5.41) is 12.6. The Hall–Kier alpha value is -3.88. The monoisotopic (exact) mass is 652 g/mol. The van der Waals surface area contributed by atoms with E-state index in [9.17, 15) is 13.2 Å². The first-order chi connectivity index (χ1) is 16.1. The summed E-state index contributed by atoms with van der Waals surface area (Å²) in [6.45, 7) is 11.1. The minimum absolute atomic E-state index is 0. The Morgan fingerprint density at radius 2 is 1.69 bits per heavy atom. The van der Waals surface area contributed by atoms with Crippen molar-refractivity contribution in [2.75, 3.05) is 0 Å². The van der Waals surface area contributed by atoms with Crippen molar-refractivity contribution in [3.63, 3.8) is 0 Å². The second kappa shape index (κ2) is 9.77. The third kappa shape index (κ3) is 5.13. The van der Waals surface area contributed by atoms with Gasteiger partial charge in [0.2, 0.25) is 0 Å². The van der Waals surface area contributed by atoms with Crippen LogP contribution in [0.5, 0.6) is 0 Å². The summed E-state index contributed by atoms with van der Waals surface area (Å²) < 4.78 is 39.7. The minimum atomic E-state index is -4.58. The fraction of sp³-hybridized carbons (Fsp3) is 0.167. The molecule has 0 aliphatic carbocycles. The molecule has 4 rings (SSSR count). The molecule has 0 unspecified atom stereocenters. The Bertz CT molecular complexity index is 1460. The van der Waals surface area contributed by atoms with Crippen LogP contribution in [0.1, 0.15) is 36.6 Å². The predicted octanol–water partition coefficient (Wildman–Crippen LogP) is 5.09. The molecule has 0 aliphatic rings. The van der Waals surface area contributed by atoms with Gasteiger partial charge in [-0.3, -0.25) is 15.1 Å². The van der Waals surface area contributed by atoms with Crippen LogP contribution in [-0.4, -0.2) is 24.7 Å². The Morgan fingerprint density at radius 1 is 1.00 bits per heavy atom. The Labute approximate surface area is 213 Å². The maximum Gasteiger partial charge on any atom is 2.00 e. The Balaban J connectivity index is 0.00000342.